The number of ether oxygens (including phenoxy) is 1. The molecule has 0 saturated heterocycles. The fraction of sp³-hybridized carbons (Fsp3) is 0.500. The van der Waals surface area contributed by atoms with Gasteiger partial charge in [0.2, 0.25) is 5.88 Å². The molecule has 0 atom stereocenters. The van der Waals surface area contributed by atoms with Gasteiger partial charge in [-0.25, -0.2) is 4.98 Å². The molecule has 4 nitrogen and oxygen atoms in total. The first kappa shape index (κ1) is 10.9. The summed E-state index contributed by atoms with van der Waals surface area (Å²) in [6.45, 7) is 0.174. The number of aliphatic hydroxyl groups excluding tert-OH is 2. The van der Waals surface area contributed by atoms with Crippen LogP contribution in [0.25, 0.3) is 0 Å². The zero-order valence-corrected chi connectivity index (χ0v) is 8.23. The van der Waals surface area contributed by atoms with Gasteiger partial charge < -0.3 is 14.9 Å². The molecule has 0 aliphatic rings. The van der Waals surface area contributed by atoms with E-state index in [-0.39, 0.29) is 13.2 Å². The van der Waals surface area contributed by atoms with E-state index in [0.29, 0.717) is 18.7 Å². The molecular formula is C10H15NO3. The summed E-state index contributed by atoms with van der Waals surface area (Å²) in [5.74, 6) is 0.542. The van der Waals surface area contributed by atoms with Crippen molar-refractivity contribution in [2.45, 2.75) is 12.8 Å². The van der Waals surface area contributed by atoms with Crippen molar-refractivity contribution in [1.29, 1.82) is 0 Å². The Morgan fingerprint density at radius 3 is 2.57 bits per heavy atom. The number of hydrogen-bond donors (Lipinski definition) is 2. The minimum Gasteiger partial charge on any atom is -0.481 e. The molecule has 0 radical (unpaired) electrons. The molecule has 1 aromatic rings. The number of rotatable bonds is 5. The highest BCUT2D eigenvalue weighted by Gasteiger charge is 2.05. The second kappa shape index (κ2) is 5.57. The van der Waals surface area contributed by atoms with Crippen LogP contribution in [0.3, 0.4) is 0 Å². The first-order chi connectivity index (χ1) is 6.81. The Morgan fingerprint density at radius 2 is 2.00 bits per heavy atom. The van der Waals surface area contributed by atoms with Crippen molar-refractivity contribution in [3.8, 4) is 5.88 Å². The Balaban J connectivity index is 2.88. The summed E-state index contributed by atoms with van der Waals surface area (Å²) >= 11 is 0. The smallest absolute Gasteiger partial charge is 0.216 e. The molecule has 1 aromatic heterocycles. The van der Waals surface area contributed by atoms with Crippen LogP contribution in [0.4, 0.5) is 0 Å². The van der Waals surface area contributed by atoms with Crippen LogP contribution in [0.2, 0.25) is 0 Å². The van der Waals surface area contributed by atoms with Gasteiger partial charge in [0.25, 0.3) is 0 Å². The van der Waals surface area contributed by atoms with E-state index in [1.54, 1.807) is 13.3 Å². The predicted octanol–water partition coefficient (Wildman–Crippen LogP) is 0.160. The molecule has 0 saturated carbocycles. The minimum absolute atomic E-state index is 0.0701. The van der Waals surface area contributed by atoms with E-state index in [9.17, 15) is 0 Å². The van der Waals surface area contributed by atoms with Gasteiger partial charge in [-0.1, -0.05) is 0 Å². The van der Waals surface area contributed by atoms with Gasteiger partial charge in [0.1, 0.15) is 0 Å². The van der Waals surface area contributed by atoms with Crippen molar-refractivity contribution in [2.24, 2.45) is 0 Å². The molecule has 1 heterocycles. The normalized spacial score (nSPS) is 10.2. The molecule has 0 bridgehead atoms. The Kier molecular flexibility index (Phi) is 4.35. The second-order valence-corrected chi connectivity index (χ2v) is 2.96. The monoisotopic (exact) mass is 197 g/mol. The summed E-state index contributed by atoms with van der Waals surface area (Å²) in [5.41, 5.74) is 1.83. The molecule has 2 N–H and O–H groups in total. The van der Waals surface area contributed by atoms with E-state index in [4.69, 9.17) is 14.9 Å². The molecule has 4 heteroatoms. The number of aromatic nitrogens is 1. The van der Waals surface area contributed by atoms with E-state index in [1.165, 1.54) is 0 Å². The average Bonchev–Trinajstić information content (AvgIpc) is 2.19. The molecule has 0 fully saturated rings. The third-order valence-corrected chi connectivity index (χ3v) is 1.96. The predicted molar refractivity (Wildman–Crippen MR) is 52.4 cm³/mol. The standard InChI is InChI=1S/C10H15NO3/c1-14-10-9(3-5-13)6-8(2-4-12)7-11-10/h6-7,12-13H,2-5H2,1H3. The summed E-state index contributed by atoms with van der Waals surface area (Å²) in [7, 11) is 1.55. The summed E-state index contributed by atoms with van der Waals surface area (Å²) in [4.78, 5) is 4.09. The lowest BCUT2D eigenvalue weighted by Gasteiger charge is -2.07. The Labute approximate surface area is 83.2 Å². The second-order valence-electron chi connectivity index (χ2n) is 2.96. The molecule has 1 rings (SSSR count). The fourth-order valence-electron chi connectivity index (χ4n) is 1.30. The third-order valence-electron chi connectivity index (χ3n) is 1.96. The number of methoxy groups -OCH3 is 1. The van der Waals surface area contributed by atoms with Crippen molar-refractivity contribution in [3.05, 3.63) is 23.4 Å². The largest absolute Gasteiger partial charge is 0.481 e. The highest BCUT2D eigenvalue weighted by molar-refractivity contribution is 5.30. The fourth-order valence-corrected chi connectivity index (χ4v) is 1.30. The lowest BCUT2D eigenvalue weighted by Crippen LogP contribution is -2.01. The minimum atomic E-state index is 0.0701. The Hall–Kier alpha value is -1.13. The van der Waals surface area contributed by atoms with Crippen LogP contribution in [0, 0.1) is 0 Å². The van der Waals surface area contributed by atoms with Crippen molar-refractivity contribution in [1.82, 2.24) is 4.98 Å². The van der Waals surface area contributed by atoms with Crippen LogP contribution < -0.4 is 4.74 Å². The van der Waals surface area contributed by atoms with Crippen molar-refractivity contribution < 1.29 is 14.9 Å². The molecule has 0 aliphatic carbocycles. The molecular weight excluding hydrogens is 182 g/mol. The van der Waals surface area contributed by atoms with E-state index in [2.05, 4.69) is 4.98 Å². The maximum Gasteiger partial charge on any atom is 0.216 e. The molecule has 14 heavy (non-hydrogen) atoms. The number of pyridine rings is 1. The topological polar surface area (TPSA) is 62.6 Å². The summed E-state index contributed by atoms with van der Waals surface area (Å²) in [6, 6.07) is 1.90. The maximum absolute atomic E-state index is 8.83. The van der Waals surface area contributed by atoms with E-state index in [1.807, 2.05) is 6.07 Å². The highest BCUT2D eigenvalue weighted by atomic mass is 16.5. The van der Waals surface area contributed by atoms with Gasteiger partial charge in [0.05, 0.1) is 7.11 Å². The van der Waals surface area contributed by atoms with Gasteiger partial charge in [-0.3, -0.25) is 0 Å². The van der Waals surface area contributed by atoms with Gasteiger partial charge in [-0.2, -0.15) is 0 Å². The van der Waals surface area contributed by atoms with Gasteiger partial charge >= 0.3 is 0 Å². The first-order valence-corrected chi connectivity index (χ1v) is 4.55. The van der Waals surface area contributed by atoms with Gasteiger partial charge in [-0.05, 0) is 18.1 Å². The first-order valence-electron chi connectivity index (χ1n) is 4.55. The van der Waals surface area contributed by atoms with Crippen LogP contribution in [-0.2, 0) is 12.8 Å². The Bertz CT molecular complexity index is 289. The quantitative estimate of drug-likeness (QED) is 0.705. The lowest BCUT2D eigenvalue weighted by molar-refractivity contribution is 0.294. The molecule has 0 amide bonds. The van der Waals surface area contributed by atoms with Crippen molar-refractivity contribution in [2.75, 3.05) is 20.3 Å². The van der Waals surface area contributed by atoms with Crippen LogP contribution in [0.1, 0.15) is 11.1 Å². The van der Waals surface area contributed by atoms with E-state index >= 15 is 0 Å². The number of aliphatic hydroxyl groups is 2. The van der Waals surface area contributed by atoms with Crippen LogP contribution in [-0.4, -0.2) is 35.5 Å². The van der Waals surface area contributed by atoms with E-state index in [0.717, 1.165) is 11.1 Å². The summed E-state index contributed by atoms with van der Waals surface area (Å²) in [5, 5.41) is 17.6. The molecule has 0 aromatic carbocycles. The zero-order valence-electron chi connectivity index (χ0n) is 8.23. The molecule has 0 spiro atoms. The molecule has 0 aliphatic heterocycles. The molecule has 0 unspecified atom stereocenters. The van der Waals surface area contributed by atoms with Crippen LogP contribution in [0.15, 0.2) is 12.3 Å². The SMILES string of the molecule is COc1ncc(CCO)cc1CCO. The maximum atomic E-state index is 8.83. The van der Waals surface area contributed by atoms with Gasteiger partial charge in [0, 0.05) is 31.4 Å². The number of nitrogens with zero attached hydrogens (tertiary/aromatic N) is 1. The van der Waals surface area contributed by atoms with Gasteiger partial charge in [-0.15, -0.1) is 0 Å². The summed E-state index contributed by atoms with van der Waals surface area (Å²) in [6.07, 6.45) is 2.78. The molecule has 78 valence electrons. The Morgan fingerprint density at radius 1 is 1.29 bits per heavy atom. The average molecular weight is 197 g/mol. The van der Waals surface area contributed by atoms with Crippen LogP contribution >= 0.6 is 0 Å². The zero-order chi connectivity index (χ0) is 10.4. The van der Waals surface area contributed by atoms with Crippen LogP contribution in [0.5, 0.6) is 5.88 Å². The van der Waals surface area contributed by atoms with Gasteiger partial charge in [0.15, 0.2) is 0 Å². The van der Waals surface area contributed by atoms with Crippen molar-refractivity contribution in [3.63, 3.8) is 0 Å². The number of hydrogen-bond acceptors (Lipinski definition) is 4. The van der Waals surface area contributed by atoms with Crippen molar-refractivity contribution >= 4 is 0 Å². The highest BCUT2D eigenvalue weighted by Crippen LogP contribution is 2.16. The lowest BCUT2D eigenvalue weighted by atomic mass is 10.1. The third kappa shape index (κ3) is 2.68. The summed E-state index contributed by atoms with van der Waals surface area (Å²) < 4.78 is 5.05. The van der Waals surface area contributed by atoms with E-state index < -0.39 is 0 Å².